The van der Waals surface area contributed by atoms with Crippen LogP contribution >= 0.6 is 15.9 Å². The molecule has 0 bridgehead atoms. The molecule has 1 rings (SSSR count). The molecule has 1 N–H and O–H groups in total. The number of aromatic nitrogens is 2. The largest absolute Gasteiger partial charge is 0.351 e. The number of hydrogen-bond donors (Lipinski definition) is 1. The molecular formula is C12H18BrN3O. The summed E-state index contributed by atoms with van der Waals surface area (Å²) in [5.41, 5.74) is 2.02. The Bertz CT molecular complexity index is 395. The van der Waals surface area contributed by atoms with Crippen LogP contribution in [0.15, 0.2) is 6.07 Å². The molecule has 94 valence electrons. The van der Waals surface area contributed by atoms with Gasteiger partial charge < -0.3 is 5.32 Å². The molecule has 1 amide bonds. The monoisotopic (exact) mass is 299 g/mol. The summed E-state index contributed by atoms with van der Waals surface area (Å²) >= 11 is 3.53. The van der Waals surface area contributed by atoms with Crippen molar-refractivity contribution < 1.29 is 4.79 Å². The summed E-state index contributed by atoms with van der Waals surface area (Å²) in [5, 5.41) is 10.7. The van der Waals surface area contributed by atoms with Gasteiger partial charge in [-0.25, -0.2) is 0 Å². The number of carbonyl (C=O) groups excluding carboxylic acids is 1. The van der Waals surface area contributed by atoms with Crippen molar-refractivity contribution in [3.05, 3.63) is 23.0 Å². The van der Waals surface area contributed by atoms with Gasteiger partial charge in [0.2, 0.25) is 0 Å². The molecule has 1 unspecified atom stereocenters. The van der Waals surface area contributed by atoms with Crippen molar-refractivity contribution in [2.45, 2.75) is 38.4 Å². The Morgan fingerprint density at radius 1 is 1.47 bits per heavy atom. The van der Waals surface area contributed by atoms with Crippen molar-refractivity contribution in [2.75, 3.05) is 6.54 Å². The standard InChI is InChI=1S/C12H18BrN3O/c1-4-5-10(13)7-14-12(17)11-6-8(2)15-16-9(11)3/h6,10H,4-5,7H2,1-3H3,(H,14,17). The molecule has 1 atom stereocenters. The van der Waals surface area contributed by atoms with Crippen LogP contribution in [-0.2, 0) is 0 Å². The Balaban J connectivity index is 2.61. The Morgan fingerprint density at radius 2 is 2.18 bits per heavy atom. The lowest BCUT2D eigenvalue weighted by atomic mass is 10.2. The van der Waals surface area contributed by atoms with Crippen molar-refractivity contribution in [3.63, 3.8) is 0 Å². The first-order valence-corrected chi connectivity index (χ1v) is 6.69. The van der Waals surface area contributed by atoms with Crippen LogP contribution in [0.1, 0.15) is 41.5 Å². The Hall–Kier alpha value is -0.970. The quantitative estimate of drug-likeness (QED) is 0.850. The van der Waals surface area contributed by atoms with Crippen LogP contribution in [-0.4, -0.2) is 27.5 Å². The number of amides is 1. The first-order chi connectivity index (χ1) is 8.04. The van der Waals surface area contributed by atoms with Gasteiger partial charge in [0.05, 0.1) is 17.0 Å². The van der Waals surface area contributed by atoms with Gasteiger partial charge >= 0.3 is 0 Å². The van der Waals surface area contributed by atoms with Crippen LogP contribution in [0, 0.1) is 13.8 Å². The van der Waals surface area contributed by atoms with E-state index in [-0.39, 0.29) is 5.91 Å². The molecule has 0 radical (unpaired) electrons. The summed E-state index contributed by atoms with van der Waals surface area (Å²) < 4.78 is 0. The van der Waals surface area contributed by atoms with E-state index in [1.807, 2.05) is 6.92 Å². The highest BCUT2D eigenvalue weighted by Gasteiger charge is 2.12. The fourth-order valence-electron chi connectivity index (χ4n) is 1.49. The van der Waals surface area contributed by atoms with Crippen LogP contribution < -0.4 is 5.32 Å². The summed E-state index contributed by atoms with van der Waals surface area (Å²) in [6, 6.07) is 1.76. The highest BCUT2D eigenvalue weighted by molar-refractivity contribution is 9.09. The second kappa shape index (κ2) is 6.69. The maximum absolute atomic E-state index is 11.9. The molecule has 1 heterocycles. The predicted molar refractivity (Wildman–Crippen MR) is 71.5 cm³/mol. The number of alkyl halides is 1. The van der Waals surface area contributed by atoms with Crippen molar-refractivity contribution in [2.24, 2.45) is 0 Å². The van der Waals surface area contributed by atoms with Gasteiger partial charge in [-0.1, -0.05) is 29.3 Å². The molecule has 0 saturated carbocycles. The topological polar surface area (TPSA) is 54.9 Å². The van der Waals surface area contributed by atoms with Crippen LogP contribution in [0.25, 0.3) is 0 Å². The van der Waals surface area contributed by atoms with Gasteiger partial charge in [0, 0.05) is 11.4 Å². The number of carbonyl (C=O) groups is 1. The first kappa shape index (κ1) is 14.1. The smallest absolute Gasteiger partial charge is 0.253 e. The Kier molecular flexibility index (Phi) is 5.55. The second-order valence-corrected chi connectivity index (χ2v) is 5.38. The summed E-state index contributed by atoms with van der Waals surface area (Å²) in [5.74, 6) is -0.0824. The first-order valence-electron chi connectivity index (χ1n) is 5.77. The van der Waals surface area contributed by atoms with Gasteiger partial charge in [0.15, 0.2) is 0 Å². The minimum absolute atomic E-state index is 0.0824. The molecule has 0 aliphatic carbocycles. The average Bonchev–Trinajstić information content (AvgIpc) is 2.29. The van der Waals surface area contributed by atoms with Crippen LogP contribution in [0.3, 0.4) is 0 Å². The third kappa shape index (κ3) is 4.42. The Labute approximate surface area is 110 Å². The fraction of sp³-hybridized carbons (Fsp3) is 0.583. The number of hydrogen-bond acceptors (Lipinski definition) is 3. The molecule has 0 spiro atoms. The SMILES string of the molecule is CCCC(Br)CNC(=O)c1cc(C)nnc1C. The molecule has 5 heteroatoms. The summed E-state index contributed by atoms with van der Waals surface area (Å²) in [6.45, 7) is 6.37. The van der Waals surface area contributed by atoms with Crippen molar-refractivity contribution in [1.82, 2.24) is 15.5 Å². The van der Waals surface area contributed by atoms with E-state index >= 15 is 0 Å². The number of halogens is 1. The van der Waals surface area contributed by atoms with E-state index in [2.05, 4.69) is 38.4 Å². The lowest BCUT2D eigenvalue weighted by Gasteiger charge is -2.11. The number of nitrogens with zero attached hydrogens (tertiary/aromatic N) is 2. The van der Waals surface area contributed by atoms with Gasteiger partial charge in [0.1, 0.15) is 0 Å². The molecule has 4 nitrogen and oxygen atoms in total. The fourth-order valence-corrected chi connectivity index (χ4v) is 2.11. The van der Waals surface area contributed by atoms with Crippen LogP contribution in [0.2, 0.25) is 0 Å². The van der Waals surface area contributed by atoms with Gasteiger partial charge in [0.25, 0.3) is 5.91 Å². The zero-order valence-corrected chi connectivity index (χ0v) is 12.0. The number of aryl methyl sites for hydroxylation is 2. The Morgan fingerprint density at radius 3 is 2.82 bits per heavy atom. The minimum Gasteiger partial charge on any atom is -0.351 e. The molecule has 0 aliphatic rings. The van der Waals surface area contributed by atoms with E-state index in [1.54, 1.807) is 13.0 Å². The summed E-state index contributed by atoms with van der Waals surface area (Å²) in [4.78, 5) is 12.3. The molecule has 1 aromatic heterocycles. The van der Waals surface area contributed by atoms with Crippen molar-refractivity contribution in [3.8, 4) is 0 Å². The van der Waals surface area contributed by atoms with E-state index in [0.29, 0.717) is 22.6 Å². The predicted octanol–water partition coefficient (Wildman–Crippen LogP) is 2.39. The maximum Gasteiger partial charge on any atom is 0.253 e. The van der Waals surface area contributed by atoms with Gasteiger partial charge in [-0.15, -0.1) is 0 Å². The normalized spacial score (nSPS) is 12.2. The van der Waals surface area contributed by atoms with Crippen molar-refractivity contribution in [1.29, 1.82) is 0 Å². The van der Waals surface area contributed by atoms with E-state index in [0.717, 1.165) is 18.5 Å². The lowest BCUT2D eigenvalue weighted by Crippen LogP contribution is -2.30. The highest BCUT2D eigenvalue weighted by Crippen LogP contribution is 2.08. The third-order valence-electron chi connectivity index (χ3n) is 2.43. The van der Waals surface area contributed by atoms with Gasteiger partial charge in [-0.3, -0.25) is 4.79 Å². The lowest BCUT2D eigenvalue weighted by molar-refractivity contribution is 0.0952. The van der Waals surface area contributed by atoms with E-state index < -0.39 is 0 Å². The molecule has 0 aliphatic heterocycles. The minimum atomic E-state index is -0.0824. The molecular weight excluding hydrogens is 282 g/mol. The molecule has 0 aromatic carbocycles. The zero-order valence-electron chi connectivity index (χ0n) is 10.5. The highest BCUT2D eigenvalue weighted by atomic mass is 79.9. The van der Waals surface area contributed by atoms with E-state index in [4.69, 9.17) is 0 Å². The van der Waals surface area contributed by atoms with E-state index in [1.165, 1.54) is 0 Å². The molecule has 17 heavy (non-hydrogen) atoms. The van der Waals surface area contributed by atoms with E-state index in [9.17, 15) is 4.79 Å². The van der Waals surface area contributed by atoms with Crippen LogP contribution in [0.5, 0.6) is 0 Å². The average molecular weight is 300 g/mol. The summed E-state index contributed by atoms with van der Waals surface area (Å²) in [7, 11) is 0. The molecule has 1 aromatic rings. The van der Waals surface area contributed by atoms with Crippen molar-refractivity contribution >= 4 is 21.8 Å². The maximum atomic E-state index is 11.9. The summed E-state index contributed by atoms with van der Waals surface area (Å²) in [6.07, 6.45) is 2.15. The molecule has 0 fully saturated rings. The zero-order chi connectivity index (χ0) is 12.8. The molecule has 0 saturated heterocycles. The van der Waals surface area contributed by atoms with Gasteiger partial charge in [-0.2, -0.15) is 10.2 Å². The number of rotatable bonds is 5. The second-order valence-electron chi connectivity index (χ2n) is 4.08. The van der Waals surface area contributed by atoms with Gasteiger partial charge in [-0.05, 0) is 26.3 Å². The number of nitrogens with one attached hydrogen (secondary N) is 1. The van der Waals surface area contributed by atoms with Crippen LogP contribution in [0.4, 0.5) is 0 Å². The third-order valence-corrected chi connectivity index (χ3v) is 3.21.